The van der Waals surface area contributed by atoms with Gasteiger partial charge in [-0.15, -0.1) is 11.3 Å². The van der Waals surface area contributed by atoms with E-state index in [0.717, 1.165) is 18.8 Å². The van der Waals surface area contributed by atoms with E-state index in [1.165, 1.54) is 29.0 Å². The molecule has 1 aliphatic heterocycles. The highest BCUT2D eigenvalue weighted by atomic mass is 32.1. The zero-order valence-electron chi connectivity index (χ0n) is 10.6. The van der Waals surface area contributed by atoms with Gasteiger partial charge in [-0.1, -0.05) is 24.3 Å². The second kappa shape index (κ2) is 5.21. The molecule has 0 radical (unpaired) electrons. The lowest BCUT2D eigenvalue weighted by atomic mass is 10.0. The van der Waals surface area contributed by atoms with Gasteiger partial charge in [0, 0.05) is 23.4 Å². The maximum Gasteiger partial charge on any atom is 0.0976 e. The van der Waals surface area contributed by atoms with Gasteiger partial charge in [0.15, 0.2) is 0 Å². The monoisotopic (exact) mass is 258 g/mol. The molecule has 1 fully saturated rings. The molecule has 1 saturated heterocycles. The average Bonchev–Trinajstić information content (AvgIpc) is 2.90. The maximum absolute atomic E-state index is 4.84. The van der Waals surface area contributed by atoms with E-state index < -0.39 is 0 Å². The Morgan fingerprint density at radius 3 is 3.00 bits per heavy atom. The highest BCUT2D eigenvalue weighted by Crippen LogP contribution is 2.31. The zero-order chi connectivity index (χ0) is 12.4. The van der Waals surface area contributed by atoms with E-state index in [1.54, 1.807) is 0 Å². The summed E-state index contributed by atoms with van der Waals surface area (Å²) < 4.78 is 0. The number of nitrogens with one attached hydrogen (secondary N) is 1. The van der Waals surface area contributed by atoms with Crippen molar-refractivity contribution in [2.45, 2.75) is 25.7 Å². The fraction of sp³-hybridized carbons (Fsp3) is 0.400. The SMILES string of the molecule is Cc1ccccc1-c1csc(C2CCCNC2)n1. The van der Waals surface area contributed by atoms with E-state index in [1.807, 2.05) is 11.3 Å². The Morgan fingerprint density at radius 1 is 1.33 bits per heavy atom. The number of rotatable bonds is 2. The zero-order valence-corrected chi connectivity index (χ0v) is 11.5. The van der Waals surface area contributed by atoms with Gasteiger partial charge in [-0.25, -0.2) is 4.98 Å². The molecule has 2 aromatic rings. The summed E-state index contributed by atoms with van der Waals surface area (Å²) in [6.07, 6.45) is 2.54. The fourth-order valence-corrected chi connectivity index (χ4v) is 3.48. The fourth-order valence-electron chi connectivity index (χ4n) is 2.52. The van der Waals surface area contributed by atoms with Crippen LogP contribution in [0.15, 0.2) is 29.6 Å². The molecule has 0 spiro atoms. The largest absolute Gasteiger partial charge is 0.316 e. The molecule has 1 N–H and O–H groups in total. The molecule has 2 heterocycles. The third-order valence-corrected chi connectivity index (χ3v) is 4.60. The summed E-state index contributed by atoms with van der Waals surface area (Å²) in [6.45, 7) is 4.39. The molecule has 1 atom stereocenters. The molecule has 1 aromatic heterocycles. The van der Waals surface area contributed by atoms with Crippen LogP contribution in [0, 0.1) is 6.92 Å². The normalized spacial score (nSPS) is 19.9. The molecule has 18 heavy (non-hydrogen) atoms. The van der Waals surface area contributed by atoms with Crippen LogP contribution in [-0.2, 0) is 0 Å². The first-order valence-corrected chi connectivity index (χ1v) is 7.44. The van der Waals surface area contributed by atoms with Crippen molar-refractivity contribution in [2.24, 2.45) is 0 Å². The Kier molecular flexibility index (Phi) is 3.43. The number of piperidine rings is 1. The number of nitrogens with zero attached hydrogens (tertiary/aromatic N) is 1. The van der Waals surface area contributed by atoms with Gasteiger partial charge in [-0.2, -0.15) is 0 Å². The van der Waals surface area contributed by atoms with Gasteiger partial charge in [0.1, 0.15) is 0 Å². The molecular formula is C15H18N2S. The van der Waals surface area contributed by atoms with E-state index in [0.29, 0.717) is 5.92 Å². The molecule has 3 heteroatoms. The molecule has 3 rings (SSSR count). The van der Waals surface area contributed by atoms with E-state index >= 15 is 0 Å². The second-order valence-corrected chi connectivity index (χ2v) is 5.82. The van der Waals surface area contributed by atoms with Gasteiger partial charge in [0.05, 0.1) is 10.7 Å². The van der Waals surface area contributed by atoms with Gasteiger partial charge in [0.2, 0.25) is 0 Å². The van der Waals surface area contributed by atoms with Gasteiger partial charge >= 0.3 is 0 Å². The molecule has 0 saturated carbocycles. The number of hydrogen-bond acceptors (Lipinski definition) is 3. The third-order valence-electron chi connectivity index (χ3n) is 3.59. The molecule has 0 bridgehead atoms. The lowest BCUT2D eigenvalue weighted by Crippen LogP contribution is -2.28. The lowest BCUT2D eigenvalue weighted by molar-refractivity contribution is 0.460. The first-order chi connectivity index (χ1) is 8.84. The van der Waals surface area contributed by atoms with E-state index in [2.05, 4.69) is 41.9 Å². The highest BCUT2D eigenvalue weighted by Gasteiger charge is 2.18. The maximum atomic E-state index is 4.84. The van der Waals surface area contributed by atoms with Gasteiger partial charge < -0.3 is 5.32 Å². The summed E-state index contributed by atoms with van der Waals surface area (Å²) >= 11 is 1.81. The minimum absolute atomic E-state index is 0.613. The first-order valence-electron chi connectivity index (χ1n) is 6.57. The molecule has 94 valence electrons. The molecule has 0 amide bonds. The lowest BCUT2D eigenvalue weighted by Gasteiger charge is -2.20. The summed E-state index contributed by atoms with van der Waals surface area (Å²) in [5, 5.41) is 6.95. The van der Waals surface area contributed by atoms with Crippen molar-refractivity contribution < 1.29 is 0 Å². The first kappa shape index (κ1) is 11.9. The van der Waals surface area contributed by atoms with Crippen molar-refractivity contribution in [1.29, 1.82) is 0 Å². The Hall–Kier alpha value is -1.19. The summed E-state index contributed by atoms with van der Waals surface area (Å²) in [6, 6.07) is 8.48. The molecule has 1 aromatic carbocycles. The second-order valence-electron chi connectivity index (χ2n) is 4.93. The number of aromatic nitrogens is 1. The van der Waals surface area contributed by atoms with Crippen LogP contribution in [0.2, 0.25) is 0 Å². The summed E-state index contributed by atoms with van der Waals surface area (Å²) in [5.41, 5.74) is 3.71. The quantitative estimate of drug-likeness (QED) is 0.890. The van der Waals surface area contributed by atoms with Crippen LogP contribution in [0.25, 0.3) is 11.3 Å². The van der Waals surface area contributed by atoms with Crippen LogP contribution < -0.4 is 5.32 Å². The standard InChI is InChI=1S/C15H18N2S/c1-11-5-2-3-7-13(11)14-10-18-15(17-14)12-6-4-8-16-9-12/h2-3,5,7,10,12,16H,4,6,8-9H2,1H3. The third kappa shape index (κ3) is 2.33. The Labute approximate surface area is 112 Å². The van der Waals surface area contributed by atoms with E-state index in [9.17, 15) is 0 Å². The highest BCUT2D eigenvalue weighted by molar-refractivity contribution is 7.10. The van der Waals surface area contributed by atoms with Crippen molar-refractivity contribution in [3.8, 4) is 11.3 Å². The predicted molar refractivity (Wildman–Crippen MR) is 77.1 cm³/mol. The van der Waals surface area contributed by atoms with Crippen LogP contribution >= 0.6 is 11.3 Å². The summed E-state index contributed by atoms with van der Waals surface area (Å²) in [5.74, 6) is 0.613. The van der Waals surface area contributed by atoms with Crippen LogP contribution in [0.4, 0.5) is 0 Å². The molecule has 1 aliphatic rings. The molecule has 0 aliphatic carbocycles. The molecule has 2 nitrogen and oxygen atoms in total. The van der Waals surface area contributed by atoms with Crippen molar-refractivity contribution in [2.75, 3.05) is 13.1 Å². The Bertz CT molecular complexity index is 527. The average molecular weight is 258 g/mol. The van der Waals surface area contributed by atoms with E-state index in [-0.39, 0.29) is 0 Å². The smallest absolute Gasteiger partial charge is 0.0976 e. The Morgan fingerprint density at radius 2 is 2.22 bits per heavy atom. The van der Waals surface area contributed by atoms with Crippen LogP contribution in [0.5, 0.6) is 0 Å². The van der Waals surface area contributed by atoms with Crippen LogP contribution in [0.1, 0.15) is 29.3 Å². The number of hydrogen-bond donors (Lipinski definition) is 1. The van der Waals surface area contributed by atoms with Crippen molar-refractivity contribution in [1.82, 2.24) is 10.3 Å². The van der Waals surface area contributed by atoms with Gasteiger partial charge in [-0.05, 0) is 31.9 Å². The molecule has 1 unspecified atom stereocenters. The van der Waals surface area contributed by atoms with E-state index in [4.69, 9.17) is 4.98 Å². The van der Waals surface area contributed by atoms with Crippen molar-refractivity contribution >= 4 is 11.3 Å². The summed E-state index contributed by atoms with van der Waals surface area (Å²) in [4.78, 5) is 4.84. The predicted octanol–water partition coefficient (Wildman–Crippen LogP) is 3.59. The topological polar surface area (TPSA) is 24.9 Å². The van der Waals surface area contributed by atoms with Crippen molar-refractivity contribution in [3.05, 3.63) is 40.2 Å². The van der Waals surface area contributed by atoms with Gasteiger partial charge in [0.25, 0.3) is 0 Å². The van der Waals surface area contributed by atoms with Crippen LogP contribution in [0.3, 0.4) is 0 Å². The Balaban J connectivity index is 1.87. The number of aryl methyl sites for hydroxylation is 1. The number of benzene rings is 1. The van der Waals surface area contributed by atoms with Gasteiger partial charge in [-0.3, -0.25) is 0 Å². The minimum atomic E-state index is 0.613. The summed E-state index contributed by atoms with van der Waals surface area (Å²) in [7, 11) is 0. The molecular weight excluding hydrogens is 240 g/mol. The van der Waals surface area contributed by atoms with Crippen LogP contribution in [-0.4, -0.2) is 18.1 Å². The minimum Gasteiger partial charge on any atom is -0.316 e. The van der Waals surface area contributed by atoms with Crippen molar-refractivity contribution in [3.63, 3.8) is 0 Å². The number of thiazole rings is 1.